The number of rotatable bonds is 1. The Morgan fingerprint density at radius 1 is 1.78 bits per heavy atom. The third kappa shape index (κ3) is 1.77. The number of nitrogens with one attached hydrogen (secondary N) is 1. The van der Waals surface area contributed by atoms with Crippen LogP contribution in [0.5, 0.6) is 0 Å². The molecule has 0 atom stereocenters. The summed E-state index contributed by atoms with van der Waals surface area (Å²) in [7, 11) is 0. The van der Waals surface area contributed by atoms with E-state index >= 15 is 0 Å². The van der Waals surface area contributed by atoms with Gasteiger partial charge in [-0.15, -0.1) is 11.6 Å². The van der Waals surface area contributed by atoms with Crippen LogP contribution in [0.15, 0.2) is 12.3 Å². The van der Waals surface area contributed by atoms with Crippen LogP contribution in [0, 0.1) is 4.64 Å². The topological polar surface area (TPSA) is 28.7 Å². The van der Waals surface area contributed by atoms with Crippen LogP contribution >= 0.6 is 23.8 Å². The second-order valence-corrected chi connectivity index (χ2v) is 2.22. The first-order valence-corrected chi connectivity index (χ1v) is 3.37. The summed E-state index contributed by atoms with van der Waals surface area (Å²) in [5, 5.41) is 0. The van der Waals surface area contributed by atoms with E-state index < -0.39 is 0 Å². The molecule has 2 nitrogen and oxygen atoms in total. The number of halogens is 1. The Balaban J connectivity index is 3.08. The molecule has 0 amide bonds. The summed E-state index contributed by atoms with van der Waals surface area (Å²) >= 11 is 10.3. The number of H-pyrrole nitrogens is 1. The zero-order valence-electron chi connectivity index (χ0n) is 4.60. The molecule has 1 rings (SSSR count). The number of aromatic nitrogens is 2. The number of hydrogen-bond acceptors (Lipinski definition) is 2. The van der Waals surface area contributed by atoms with Gasteiger partial charge in [0.1, 0.15) is 10.5 Å². The number of alkyl halides is 1. The SMILES string of the molecule is S=c1ccnc(CCl)[nH]1. The van der Waals surface area contributed by atoms with Crippen LogP contribution in [-0.2, 0) is 5.88 Å². The second-order valence-electron chi connectivity index (χ2n) is 1.51. The molecule has 0 saturated heterocycles. The summed E-state index contributed by atoms with van der Waals surface area (Å²) in [5.41, 5.74) is 0. The monoisotopic (exact) mass is 160 g/mol. The maximum atomic E-state index is 5.46. The molecule has 0 saturated carbocycles. The molecule has 48 valence electrons. The van der Waals surface area contributed by atoms with Crippen molar-refractivity contribution in [2.45, 2.75) is 5.88 Å². The van der Waals surface area contributed by atoms with Gasteiger partial charge >= 0.3 is 0 Å². The molecule has 0 fully saturated rings. The first-order valence-electron chi connectivity index (χ1n) is 2.43. The van der Waals surface area contributed by atoms with Crippen LogP contribution in [0.3, 0.4) is 0 Å². The van der Waals surface area contributed by atoms with E-state index in [0.717, 1.165) is 0 Å². The molecular weight excluding hydrogens is 156 g/mol. The fourth-order valence-electron chi connectivity index (χ4n) is 0.479. The van der Waals surface area contributed by atoms with Gasteiger partial charge in [0.15, 0.2) is 0 Å². The number of aromatic amines is 1. The molecule has 1 heterocycles. The predicted molar refractivity (Wildman–Crippen MR) is 39.0 cm³/mol. The average molecular weight is 161 g/mol. The van der Waals surface area contributed by atoms with Crippen molar-refractivity contribution in [2.75, 3.05) is 0 Å². The lowest BCUT2D eigenvalue weighted by atomic mass is 10.6. The molecule has 0 aromatic carbocycles. The number of hydrogen-bond donors (Lipinski definition) is 1. The fourth-order valence-corrected chi connectivity index (χ4v) is 0.793. The van der Waals surface area contributed by atoms with Crippen molar-refractivity contribution in [3.05, 3.63) is 22.7 Å². The van der Waals surface area contributed by atoms with Crippen LogP contribution < -0.4 is 0 Å². The maximum absolute atomic E-state index is 5.46. The minimum absolute atomic E-state index is 0.379. The zero-order chi connectivity index (χ0) is 6.69. The van der Waals surface area contributed by atoms with Gasteiger partial charge in [0, 0.05) is 6.20 Å². The average Bonchev–Trinajstić information content (AvgIpc) is 1.88. The molecule has 0 bridgehead atoms. The van der Waals surface area contributed by atoms with E-state index in [1.54, 1.807) is 12.3 Å². The molecule has 0 aliphatic carbocycles. The largest absolute Gasteiger partial charge is 0.334 e. The first kappa shape index (κ1) is 6.71. The van der Waals surface area contributed by atoms with Gasteiger partial charge in [-0.05, 0) is 6.07 Å². The minimum atomic E-state index is 0.379. The molecule has 0 unspecified atom stereocenters. The lowest BCUT2D eigenvalue weighted by Crippen LogP contribution is -1.88. The normalized spacial score (nSPS) is 9.44. The summed E-state index contributed by atoms with van der Waals surface area (Å²) in [5.74, 6) is 1.09. The summed E-state index contributed by atoms with van der Waals surface area (Å²) in [6.07, 6.45) is 1.64. The van der Waals surface area contributed by atoms with Gasteiger partial charge in [-0.1, -0.05) is 12.2 Å². The molecule has 4 heteroatoms. The molecule has 0 spiro atoms. The van der Waals surface area contributed by atoms with E-state index in [-0.39, 0.29) is 0 Å². The van der Waals surface area contributed by atoms with Gasteiger partial charge in [-0.2, -0.15) is 0 Å². The smallest absolute Gasteiger partial charge is 0.121 e. The molecule has 1 N–H and O–H groups in total. The van der Waals surface area contributed by atoms with E-state index in [1.165, 1.54) is 0 Å². The van der Waals surface area contributed by atoms with Crippen LogP contribution in [0.4, 0.5) is 0 Å². The first-order chi connectivity index (χ1) is 4.33. The van der Waals surface area contributed by atoms with Crippen molar-refractivity contribution in [1.29, 1.82) is 0 Å². The van der Waals surface area contributed by atoms with Crippen molar-refractivity contribution in [3.63, 3.8) is 0 Å². The van der Waals surface area contributed by atoms with Crippen molar-refractivity contribution < 1.29 is 0 Å². The summed E-state index contributed by atoms with van der Waals surface area (Å²) < 4.78 is 0.667. The van der Waals surface area contributed by atoms with Crippen molar-refractivity contribution in [1.82, 2.24) is 9.97 Å². The Morgan fingerprint density at radius 3 is 3.00 bits per heavy atom. The molecule has 0 aliphatic heterocycles. The van der Waals surface area contributed by atoms with Gasteiger partial charge in [0.25, 0.3) is 0 Å². The number of nitrogens with zero attached hydrogens (tertiary/aromatic N) is 1. The van der Waals surface area contributed by atoms with Gasteiger partial charge < -0.3 is 4.98 Å². The molecule has 0 aliphatic rings. The molecule has 0 radical (unpaired) electrons. The Labute approximate surface area is 62.9 Å². The van der Waals surface area contributed by atoms with Crippen molar-refractivity contribution >= 4 is 23.8 Å². The van der Waals surface area contributed by atoms with E-state index in [2.05, 4.69) is 9.97 Å². The highest BCUT2D eigenvalue weighted by Gasteiger charge is 1.86. The van der Waals surface area contributed by atoms with Crippen molar-refractivity contribution in [3.8, 4) is 0 Å². The fraction of sp³-hybridized carbons (Fsp3) is 0.200. The molecule has 9 heavy (non-hydrogen) atoms. The third-order valence-corrected chi connectivity index (χ3v) is 1.34. The Hall–Kier alpha value is -0.410. The maximum Gasteiger partial charge on any atom is 0.121 e. The minimum Gasteiger partial charge on any atom is -0.334 e. The van der Waals surface area contributed by atoms with Crippen LogP contribution in [-0.4, -0.2) is 9.97 Å². The summed E-state index contributed by atoms with van der Waals surface area (Å²) in [4.78, 5) is 6.73. The van der Waals surface area contributed by atoms with Crippen LogP contribution in [0.25, 0.3) is 0 Å². The van der Waals surface area contributed by atoms with Gasteiger partial charge in [0.2, 0.25) is 0 Å². The predicted octanol–water partition coefficient (Wildman–Crippen LogP) is 1.88. The van der Waals surface area contributed by atoms with Crippen LogP contribution in [0.2, 0.25) is 0 Å². The lowest BCUT2D eigenvalue weighted by Gasteiger charge is -1.90. The Morgan fingerprint density at radius 2 is 2.56 bits per heavy atom. The van der Waals surface area contributed by atoms with Crippen LogP contribution in [0.1, 0.15) is 5.82 Å². The van der Waals surface area contributed by atoms with Gasteiger partial charge in [0.05, 0.1) is 5.88 Å². The van der Waals surface area contributed by atoms with E-state index in [1.807, 2.05) is 0 Å². The van der Waals surface area contributed by atoms with Gasteiger partial charge in [-0.25, -0.2) is 4.98 Å². The summed E-state index contributed by atoms with van der Waals surface area (Å²) in [6, 6.07) is 1.71. The Kier molecular flexibility index (Phi) is 2.19. The lowest BCUT2D eigenvalue weighted by molar-refractivity contribution is 1.02. The molecule has 1 aromatic rings. The summed E-state index contributed by atoms with van der Waals surface area (Å²) in [6.45, 7) is 0. The highest BCUT2D eigenvalue weighted by molar-refractivity contribution is 7.71. The van der Waals surface area contributed by atoms with Crippen molar-refractivity contribution in [2.24, 2.45) is 0 Å². The van der Waals surface area contributed by atoms with E-state index in [9.17, 15) is 0 Å². The quantitative estimate of drug-likeness (QED) is 0.502. The highest BCUT2D eigenvalue weighted by atomic mass is 35.5. The van der Waals surface area contributed by atoms with E-state index in [4.69, 9.17) is 23.8 Å². The Bertz CT molecular complexity index is 245. The molecular formula is C5H5ClN2S. The van der Waals surface area contributed by atoms with Gasteiger partial charge in [-0.3, -0.25) is 0 Å². The highest BCUT2D eigenvalue weighted by Crippen LogP contribution is 1.93. The third-order valence-electron chi connectivity index (χ3n) is 0.850. The molecule has 1 aromatic heterocycles. The zero-order valence-corrected chi connectivity index (χ0v) is 6.17. The van der Waals surface area contributed by atoms with E-state index in [0.29, 0.717) is 16.3 Å². The standard InChI is InChI=1S/C5H5ClN2S/c6-3-4-7-2-1-5(9)8-4/h1-2H,3H2,(H,7,8,9). The second kappa shape index (κ2) is 2.94.